The molecule has 1 fully saturated rings. The third-order valence-corrected chi connectivity index (χ3v) is 4.44. The summed E-state index contributed by atoms with van der Waals surface area (Å²) in [5, 5.41) is 3.73. The Morgan fingerprint density at radius 3 is 2.48 bits per heavy atom. The van der Waals surface area contributed by atoms with Crippen LogP contribution < -0.4 is 10.1 Å². The van der Waals surface area contributed by atoms with Crippen molar-refractivity contribution in [3.8, 4) is 5.75 Å². The van der Waals surface area contributed by atoms with E-state index in [1.807, 2.05) is 12.1 Å². The third kappa shape index (κ3) is 4.92. The molecule has 1 N–H and O–H groups in total. The van der Waals surface area contributed by atoms with Crippen molar-refractivity contribution in [1.29, 1.82) is 0 Å². The molecule has 3 nitrogen and oxygen atoms in total. The lowest BCUT2D eigenvalue weighted by Gasteiger charge is -2.35. The number of hydrogen-bond donors (Lipinski definition) is 1. The number of rotatable bonds is 7. The van der Waals surface area contributed by atoms with Crippen LogP contribution in [0.25, 0.3) is 0 Å². The summed E-state index contributed by atoms with van der Waals surface area (Å²) in [6.07, 6.45) is 5.37. The summed E-state index contributed by atoms with van der Waals surface area (Å²) >= 11 is 0. The molecule has 0 aromatic heterocycles. The molecule has 1 aliphatic rings. The Morgan fingerprint density at radius 2 is 1.81 bits per heavy atom. The second-order valence-electron chi connectivity index (χ2n) is 6.31. The first-order chi connectivity index (χ1) is 10.2. The first-order valence-electron chi connectivity index (χ1n) is 8.19. The van der Waals surface area contributed by atoms with Crippen LogP contribution in [0, 0.1) is 11.8 Å². The van der Waals surface area contributed by atoms with Gasteiger partial charge in [0.05, 0.1) is 6.61 Å². The average molecular weight is 291 g/mol. The van der Waals surface area contributed by atoms with Crippen molar-refractivity contribution >= 4 is 5.69 Å². The number of methoxy groups -OCH3 is 1. The van der Waals surface area contributed by atoms with Gasteiger partial charge in [-0.25, -0.2) is 0 Å². The first kappa shape index (κ1) is 16.2. The van der Waals surface area contributed by atoms with Crippen LogP contribution in [0.2, 0.25) is 0 Å². The molecule has 0 heterocycles. The Balaban J connectivity index is 1.89. The van der Waals surface area contributed by atoms with Crippen molar-refractivity contribution in [2.45, 2.75) is 45.6 Å². The van der Waals surface area contributed by atoms with Crippen LogP contribution in [-0.4, -0.2) is 26.4 Å². The van der Waals surface area contributed by atoms with Crippen LogP contribution in [0.4, 0.5) is 5.69 Å². The summed E-state index contributed by atoms with van der Waals surface area (Å²) in [5.74, 6) is 2.44. The van der Waals surface area contributed by atoms with Gasteiger partial charge in [0.15, 0.2) is 0 Å². The zero-order valence-corrected chi connectivity index (χ0v) is 13.6. The van der Waals surface area contributed by atoms with Crippen LogP contribution in [0.5, 0.6) is 5.75 Å². The molecule has 0 aliphatic heterocycles. The van der Waals surface area contributed by atoms with E-state index in [2.05, 4.69) is 31.3 Å². The van der Waals surface area contributed by atoms with Gasteiger partial charge in [-0.2, -0.15) is 0 Å². The second-order valence-corrected chi connectivity index (χ2v) is 6.31. The van der Waals surface area contributed by atoms with Gasteiger partial charge in [-0.15, -0.1) is 0 Å². The van der Waals surface area contributed by atoms with E-state index in [1.165, 1.54) is 31.4 Å². The molecule has 1 aliphatic carbocycles. The van der Waals surface area contributed by atoms with E-state index >= 15 is 0 Å². The fraction of sp³-hybridized carbons (Fsp3) is 0.667. The minimum absolute atomic E-state index is 0.599. The maximum Gasteiger partial charge on any atom is 0.119 e. The lowest BCUT2D eigenvalue weighted by Crippen LogP contribution is -2.35. The van der Waals surface area contributed by atoms with E-state index in [0.717, 1.165) is 17.6 Å². The van der Waals surface area contributed by atoms with E-state index in [1.54, 1.807) is 7.11 Å². The highest BCUT2D eigenvalue weighted by molar-refractivity contribution is 5.47. The standard InChI is InChI=1S/C18H29NO2/c1-14(2)17-6-4-5-7-18(17)19-15-8-10-16(11-9-15)21-13-12-20-3/h8-11,14,17-19H,4-7,12-13H2,1-3H3. The Bertz CT molecular complexity index is 402. The lowest BCUT2D eigenvalue weighted by atomic mass is 9.78. The minimum Gasteiger partial charge on any atom is -0.491 e. The summed E-state index contributed by atoms with van der Waals surface area (Å²) in [7, 11) is 1.69. The molecular weight excluding hydrogens is 262 g/mol. The van der Waals surface area contributed by atoms with Crippen LogP contribution >= 0.6 is 0 Å². The van der Waals surface area contributed by atoms with Crippen molar-refractivity contribution in [3.63, 3.8) is 0 Å². The molecular formula is C18H29NO2. The normalized spacial score (nSPS) is 22.3. The van der Waals surface area contributed by atoms with Gasteiger partial charge in [0.25, 0.3) is 0 Å². The van der Waals surface area contributed by atoms with Gasteiger partial charge >= 0.3 is 0 Å². The molecule has 1 aromatic rings. The van der Waals surface area contributed by atoms with Crippen LogP contribution in [0.15, 0.2) is 24.3 Å². The minimum atomic E-state index is 0.599. The van der Waals surface area contributed by atoms with E-state index in [4.69, 9.17) is 9.47 Å². The van der Waals surface area contributed by atoms with E-state index in [9.17, 15) is 0 Å². The highest BCUT2D eigenvalue weighted by Crippen LogP contribution is 2.32. The fourth-order valence-electron chi connectivity index (χ4n) is 3.24. The van der Waals surface area contributed by atoms with Gasteiger partial charge in [-0.1, -0.05) is 26.7 Å². The quantitative estimate of drug-likeness (QED) is 0.758. The smallest absolute Gasteiger partial charge is 0.119 e. The van der Waals surface area contributed by atoms with Gasteiger partial charge < -0.3 is 14.8 Å². The molecule has 2 unspecified atom stereocenters. The van der Waals surface area contributed by atoms with E-state index < -0.39 is 0 Å². The third-order valence-electron chi connectivity index (χ3n) is 4.44. The summed E-state index contributed by atoms with van der Waals surface area (Å²) in [5.41, 5.74) is 1.20. The summed E-state index contributed by atoms with van der Waals surface area (Å²) in [6.45, 7) is 5.91. The van der Waals surface area contributed by atoms with Crippen molar-refractivity contribution < 1.29 is 9.47 Å². The average Bonchev–Trinajstić information content (AvgIpc) is 2.50. The molecule has 0 saturated heterocycles. The number of anilines is 1. The van der Waals surface area contributed by atoms with Crippen molar-refractivity contribution in [2.75, 3.05) is 25.6 Å². The summed E-state index contributed by atoms with van der Waals surface area (Å²) in [6, 6.07) is 8.91. The molecule has 1 aromatic carbocycles. The topological polar surface area (TPSA) is 30.5 Å². The number of ether oxygens (including phenoxy) is 2. The zero-order chi connectivity index (χ0) is 15.1. The maximum absolute atomic E-state index is 5.60. The van der Waals surface area contributed by atoms with Gasteiger partial charge in [-0.05, 0) is 48.9 Å². The van der Waals surface area contributed by atoms with Crippen molar-refractivity contribution in [3.05, 3.63) is 24.3 Å². The number of hydrogen-bond acceptors (Lipinski definition) is 3. The Labute approximate surface area is 129 Å². The molecule has 0 spiro atoms. The van der Waals surface area contributed by atoms with Crippen LogP contribution in [-0.2, 0) is 4.74 Å². The maximum atomic E-state index is 5.60. The van der Waals surface area contributed by atoms with Crippen LogP contribution in [0.1, 0.15) is 39.5 Å². The van der Waals surface area contributed by atoms with Crippen molar-refractivity contribution in [2.24, 2.45) is 11.8 Å². The number of nitrogens with one attached hydrogen (secondary N) is 1. The van der Waals surface area contributed by atoms with Gasteiger partial charge in [-0.3, -0.25) is 0 Å². The SMILES string of the molecule is COCCOc1ccc(NC2CCCCC2C(C)C)cc1. The summed E-state index contributed by atoms with van der Waals surface area (Å²) < 4.78 is 10.6. The Kier molecular flexibility index (Phi) is 6.37. The Hall–Kier alpha value is -1.22. The van der Waals surface area contributed by atoms with Gasteiger partial charge in [0, 0.05) is 18.8 Å². The monoisotopic (exact) mass is 291 g/mol. The molecule has 0 amide bonds. The fourth-order valence-corrected chi connectivity index (χ4v) is 3.24. The molecule has 3 heteroatoms. The molecule has 0 bridgehead atoms. The zero-order valence-electron chi connectivity index (χ0n) is 13.6. The molecule has 2 atom stereocenters. The van der Waals surface area contributed by atoms with E-state index in [-0.39, 0.29) is 0 Å². The molecule has 1 saturated carbocycles. The highest BCUT2D eigenvalue weighted by atomic mass is 16.5. The molecule has 118 valence electrons. The predicted molar refractivity (Wildman–Crippen MR) is 88.0 cm³/mol. The van der Waals surface area contributed by atoms with Crippen molar-refractivity contribution in [1.82, 2.24) is 0 Å². The van der Waals surface area contributed by atoms with E-state index in [0.29, 0.717) is 19.3 Å². The lowest BCUT2D eigenvalue weighted by molar-refractivity contribution is 0.146. The predicted octanol–water partition coefficient (Wildman–Crippen LogP) is 4.34. The Morgan fingerprint density at radius 1 is 1.10 bits per heavy atom. The number of benzene rings is 1. The van der Waals surface area contributed by atoms with Gasteiger partial charge in [0.1, 0.15) is 12.4 Å². The largest absolute Gasteiger partial charge is 0.491 e. The summed E-state index contributed by atoms with van der Waals surface area (Å²) in [4.78, 5) is 0. The molecule has 0 radical (unpaired) electrons. The van der Waals surface area contributed by atoms with Gasteiger partial charge in [0.2, 0.25) is 0 Å². The second kappa shape index (κ2) is 8.28. The first-order valence-corrected chi connectivity index (χ1v) is 8.19. The molecule has 21 heavy (non-hydrogen) atoms. The highest BCUT2D eigenvalue weighted by Gasteiger charge is 2.27. The molecule has 2 rings (SSSR count). The van der Waals surface area contributed by atoms with Crippen LogP contribution in [0.3, 0.4) is 0 Å².